The number of nitrogens with zero attached hydrogens (tertiary/aromatic N) is 4. The Bertz CT molecular complexity index is 1070. The highest BCUT2D eigenvalue weighted by Crippen LogP contribution is 2.38. The van der Waals surface area contributed by atoms with Crippen molar-refractivity contribution in [2.45, 2.75) is 19.9 Å². The number of para-hydroxylation sites is 2. The quantitative estimate of drug-likeness (QED) is 0.727. The Morgan fingerprint density at radius 3 is 2.68 bits per heavy atom. The second-order valence-electron chi connectivity index (χ2n) is 6.52. The molecule has 2 heterocycles. The number of anilines is 2. The summed E-state index contributed by atoms with van der Waals surface area (Å²) in [6, 6.07) is 14.7. The summed E-state index contributed by atoms with van der Waals surface area (Å²) in [6.45, 7) is 3.79. The standard InChI is InChI=1S/C20H20N6O2/c1-12-8-4-6-10-15(12)22-19(27)17-13(2)21-20-23-24-25-26(20)18(17)14-9-5-7-11-16(14)28-3/h4-11,18H,1-3H3,(H,22,27)(H,21,23,25)/t18-/m1/s1. The molecule has 0 spiro atoms. The van der Waals surface area contributed by atoms with Gasteiger partial charge in [-0.1, -0.05) is 41.5 Å². The van der Waals surface area contributed by atoms with Crippen LogP contribution in [0.1, 0.15) is 24.1 Å². The Labute approximate surface area is 162 Å². The zero-order valence-corrected chi connectivity index (χ0v) is 15.8. The molecule has 8 nitrogen and oxygen atoms in total. The zero-order chi connectivity index (χ0) is 19.7. The number of aromatic nitrogens is 4. The smallest absolute Gasteiger partial charge is 0.255 e. The van der Waals surface area contributed by atoms with Crippen LogP contribution in [0.2, 0.25) is 0 Å². The van der Waals surface area contributed by atoms with Crippen LogP contribution in [0.15, 0.2) is 59.8 Å². The van der Waals surface area contributed by atoms with Gasteiger partial charge in [-0.15, -0.1) is 0 Å². The van der Waals surface area contributed by atoms with Gasteiger partial charge in [-0.05, 0) is 42.0 Å². The van der Waals surface area contributed by atoms with Crippen molar-refractivity contribution in [3.05, 3.63) is 70.9 Å². The van der Waals surface area contributed by atoms with Crippen LogP contribution < -0.4 is 15.4 Å². The molecular formula is C20H20N6O2. The van der Waals surface area contributed by atoms with E-state index in [1.165, 1.54) is 0 Å². The van der Waals surface area contributed by atoms with E-state index in [0.717, 1.165) is 16.8 Å². The molecule has 8 heteroatoms. The summed E-state index contributed by atoms with van der Waals surface area (Å²) in [5, 5.41) is 18.0. The average Bonchev–Trinajstić information content (AvgIpc) is 3.16. The van der Waals surface area contributed by atoms with Crippen molar-refractivity contribution < 1.29 is 9.53 Å². The Balaban J connectivity index is 1.81. The van der Waals surface area contributed by atoms with Crippen molar-refractivity contribution in [2.75, 3.05) is 17.7 Å². The highest BCUT2D eigenvalue weighted by Gasteiger charge is 2.35. The molecule has 4 rings (SSSR count). The number of carbonyl (C=O) groups excluding carboxylic acids is 1. The fraction of sp³-hybridized carbons (Fsp3) is 0.200. The highest BCUT2D eigenvalue weighted by molar-refractivity contribution is 6.06. The predicted molar refractivity (Wildman–Crippen MR) is 105 cm³/mol. The van der Waals surface area contributed by atoms with Crippen LogP contribution in [0.3, 0.4) is 0 Å². The van der Waals surface area contributed by atoms with Gasteiger partial charge in [0.15, 0.2) is 0 Å². The Morgan fingerprint density at radius 2 is 1.89 bits per heavy atom. The van der Waals surface area contributed by atoms with E-state index in [4.69, 9.17) is 4.74 Å². The van der Waals surface area contributed by atoms with E-state index in [9.17, 15) is 4.79 Å². The van der Waals surface area contributed by atoms with E-state index in [-0.39, 0.29) is 5.91 Å². The van der Waals surface area contributed by atoms with E-state index in [1.54, 1.807) is 11.8 Å². The maximum Gasteiger partial charge on any atom is 0.255 e. The highest BCUT2D eigenvalue weighted by atomic mass is 16.5. The molecule has 0 radical (unpaired) electrons. The number of fused-ring (bicyclic) bond motifs is 1. The van der Waals surface area contributed by atoms with Gasteiger partial charge in [0.1, 0.15) is 11.8 Å². The molecule has 1 atom stereocenters. The Morgan fingerprint density at radius 1 is 1.14 bits per heavy atom. The first-order valence-corrected chi connectivity index (χ1v) is 8.85. The van der Waals surface area contributed by atoms with E-state index in [2.05, 4.69) is 26.2 Å². The number of tetrazole rings is 1. The summed E-state index contributed by atoms with van der Waals surface area (Å²) >= 11 is 0. The monoisotopic (exact) mass is 376 g/mol. The van der Waals surface area contributed by atoms with E-state index in [0.29, 0.717) is 23.0 Å². The maximum atomic E-state index is 13.3. The molecule has 0 bridgehead atoms. The lowest BCUT2D eigenvalue weighted by Crippen LogP contribution is -2.31. The van der Waals surface area contributed by atoms with Crippen LogP contribution in [0.5, 0.6) is 5.75 Å². The molecular weight excluding hydrogens is 356 g/mol. The van der Waals surface area contributed by atoms with Gasteiger partial charge in [0.25, 0.3) is 5.91 Å². The van der Waals surface area contributed by atoms with Crippen molar-refractivity contribution in [3.8, 4) is 5.75 Å². The number of rotatable bonds is 4. The third-order valence-corrected chi connectivity index (χ3v) is 4.79. The summed E-state index contributed by atoms with van der Waals surface area (Å²) in [5.41, 5.74) is 3.75. The summed E-state index contributed by atoms with van der Waals surface area (Å²) in [4.78, 5) is 13.3. The van der Waals surface area contributed by atoms with E-state index in [1.807, 2.05) is 62.4 Å². The molecule has 3 aromatic rings. The third-order valence-electron chi connectivity index (χ3n) is 4.79. The molecule has 1 aromatic heterocycles. The van der Waals surface area contributed by atoms with Gasteiger partial charge in [0.05, 0.1) is 12.7 Å². The molecule has 0 saturated carbocycles. The van der Waals surface area contributed by atoms with Gasteiger partial charge in [0.2, 0.25) is 5.95 Å². The first-order chi connectivity index (χ1) is 13.6. The van der Waals surface area contributed by atoms with Crippen molar-refractivity contribution in [3.63, 3.8) is 0 Å². The van der Waals surface area contributed by atoms with Gasteiger partial charge in [-0.25, -0.2) is 0 Å². The predicted octanol–water partition coefficient (Wildman–Crippen LogP) is 2.92. The molecule has 1 aliphatic rings. The SMILES string of the molecule is COc1ccccc1[C@@H]1C(C(=O)Nc2ccccc2C)=C(C)Nc2nnnn21. The molecule has 0 saturated heterocycles. The summed E-state index contributed by atoms with van der Waals surface area (Å²) in [5.74, 6) is 0.905. The first kappa shape index (κ1) is 17.7. The topological polar surface area (TPSA) is 94.0 Å². The van der Waals surface area contributed by atoms with Crippen LogP contribution in [0.4, 0.5) is 11.6 Å². The summed E-state index contributed by atoms with van der Waals surface area (Å²) in [6.07, 6.45) is 0. The second-order valence-corrected chi connectivity index (χ2v) is 6.52. The van der Waals surface area contributed by atoms with Gasteiger partial charge >= 0.3 is 0 Å². The minimum absolute atomic E-state index is 0.226. The van der Waals surface area contributed by atoms with Gasteiger partial charge in [0, 0.05) is 16.9 Å². The molecule has 2 aromatic carbocycles. The fourth-order valence-electron chi connectivity index (χ4n) is 3.39. The number of methoxy groups -OCH3 is 1. The number of amides is 1. The van der Waals surface area contributed by atoms with Crippen molar-refractivity contribution in [1.29, 1.82) is 0 Å². The van der Waals surface area contributed by atoms with Crippen LogP contribution in [-0.2, 0) is 4.79 Å². The normalized spacial score (nSPS) is 15.6. The number of hydrogen-bond acceptors (Lipinski definition) is 6. The zero-order valence-electron chi connectivity index (χ0n) is 15.8. The minimum Gasteiger partial charge on any atom is -0.496 e. The molecule has 28 heavy (non-hydrogen) atoms. The van der Waals surface area contributed by atoms with E-state index >= 15 is 0 Å². The van der Waals surface area contributed by atoms with Crippen LogP contribution >= 0.6 is 0 Å². The Hall–Kier alpha value is -3.68. The molecule has 2 N–H and O–H groups in total. The fourth-order valence-corrected chi connectivity index (χ4v) is 3.39. The number of ether oxygens (including phenoxy) is 1. The number of hydrogen-bond donors (Lipinski definition) is 2. The molecule has 0 unspecified atom stereocenters. The maximum absolute atomic E-state index is 13.3. The number of nitrogens with one attached hydrogen (secondary N) is 2. The minimum atomic E-state index is -0.522. The lowest BCUT2D eigenvalue weighted by molar-refractivity contribution is -0.113. The van der Waals surface area contributed by atoms with Gasteiger partial charge in [-0.3, -0.25) is 4.79 Å². The summed E-state index contributed by atoms with van der Waals surface area (Å²) in [7, 11) is 1.60. The number of allylic oxidation sites excluding steroid dienone is 1. The second kappa shape index (κ2) is 7.15. The largest absolute Gasteiger partial charge is 0.496 e. The third kappa shape index (κ3) is 2.98. The Kier molecular flexibility index (Phi) is 4.52. The molecule has 1 aliphatic heterocycles. The van der Waals surface area contributed by atoms with Crippen LogP contribution in [0.25, 0.3) is 0 Å². The summed E-state index contributed by atoms with van der Waals surface area (Å²) < 4.78 is 7.13. The van der Waals surface area contributed by atoms with Crippen molar-refractivity contribution in [2.24, 2.45) is 0 Å². The molecule has 142 valence electrons. The van der Waals surface area contributed by atoms with Crippen molar-refractivity contribution >= 4 is 17.5 Å². The number of benzene rings is 2. The average molecular weight is 376 g/mol. The van der Waals surface area contributed by atoms with Crippen LogP contribution in [-0.4, -0.2) is 33.2 Å². The molecule has 1 amide bonds. The lowest BCUT2D eigenvalue weighted by Gasteiger charge is -2.29. The van der Waals surface area contributed by atoms with Gasteiger partial charge < -0.3 is 15.4 Å². The number of aryl methyl sites for hydroxylation is 1. The van der Waals surface area contributed by atoms with Crippen LogP contribution in [0, 0.1) is 6.92 Å². The lowest BCUT2D eigenvalue weighted by atomic mass is 9.94. The first-order valence-electron chi connectivity index (χ1n) is 8.85. The molecule has 0 fully saturated rings. The van der Waals surface area contributed by atoms with Crippen molar-refractivity contribution in [1.82, 2.24) is 20.2 Å². The van der Waals surface area contributed by atoms with Gasteiger partial charge in [-0.2, -0.15) is 4.68 Å². The van der Waals surface area contributed by atoms with E-state index < -0.39 is 6.04 Å². The molecule has 0 aliphatic carbocycles. The number of carbonyl (C=O) groups is 1.